The first-order chi connectivity index (χ1) is 6.74. The third-order valence-corrected chi connectivity index (χ3v) is 2.83. The zero-order valence-electron chi connectivity index (χ0n) is 7.64. The lowest BCUT2D eigenvalue weighted by atomic mass is 10.2. The molecule has 0 aliphatic heterocycles. The summed E-state index contributed by atoms with van der Waals surface area (Å²) in [5, 5.41) is 8.61. The summed E-state index contributed by atoms with van der Waals surface area (Å²) >= 11 is 6.50. The molecule has 0 aromatic carbocycles. The van der Waals surface area contributed by atoms with Gasteiger partial charge < -0.3 is 10.8 Å². The Labute approximate surface area is 92.7 Å². The maximum absolute atomic E-state index is 8.61. The largest absolute Gasteiger partial charge is 0.396 e. The Morgan fingerprint density at radius 1 is 1.57 bits per heavy atom. The number of rotatable bonds is 5. The second kappa shape index (κ2) is 5.95. The number of aliphatic hydroxyl groups is 1. The molecule has 14 heavy (non-hydrogen) atoms. The average molecular weight is 228 g/mol. The Balaban J connectivity index is 2.59. The van der Waals surface area contributed by atoms with Crippen molar-refractivity contribution in [1.82, 2.24) is 4.98 Å². The first kappa shape index (κ1) is 11.4. The Morgan fingerprint density at radius 2 is 2.36 bits per heavy atom. The quantitative estimate of drug-likeness (QED) is 0.580. The van der Waals surface area contributed by atoms with Gasteiger partial charge in [-0.3, -0.25) is 4.98 Å². The van der Waals surface area contributed by atoms with Crippen LogP contribution in [0.15, 0.2) is 18.5 Å². The van der Waals surface area contributed by atoms with Gasteiger partial charge in [0.05, 0.1) is 6.61 Å². The van der Waals surface area contributed by atoms with E-state index >= 15 is 0 Å². The van der Waals surface area contributed by atoms with Crippen LogP contribution in [-0.2, 0) is 5.75 Å². The number of thioether (sulfide) groups is 1. The maximum atomic E-state index is 8.61. The van der Waals surface area contributed by atoms with Crippen molar-refractivity contribution in [2.75, 3.05) is 12.4 Å². The van der Waals surface area contributed by atoms with Crippen molar-refractivity contribution in [3.8, 4) is 0 Å². The highest BCUT2D eigenvalue weighted by Gasteiger charge is 1.99. The molecule has 0 spiro atoms. The molecule has 0 aliphatic carbocycles. The van der Waals surface area contributed by atoms with Crippen molar-refractivity contribution in [3.63, 3.8) is 0 Å². The van der Waals surface area contributed by atoms with E-state index in [1.54, 1.807) is 24.2 Å². The minimum atomic E-state index is 0.201. The number of nitrogens with two attached hydrogens (primary N) is 1. The van der Waals surface area contributed by atoms with Crippen LogP contribution in [0.25, 0.3) is 0 Å². The van der Waals surface area contributed by atoms with Crippen LogP contribution in [0.4, 0.5) is 0 Å². The van der Waals surface area contributed by atoms with Gasteiger partial charge in [0.2, 0.25) is 0 Å². The van der Waals surface area contributed by atoms with Crippen LogP contribution in [0.3, 0.4) is 0 Å². The third kappa shape index (κ3) is 3.61. The smallest absolute Gasteiger partial charge is 0.105 e. The lowest BCUT2D eigenvalue weighted by Crippen LogP contribution is -2.09. The first-order valence-corrected chi connectivity index (χ1v) is 5.72. The number of hydrogen-bond acceptors (Lipinski definition) is 4. The molecule has 1 aromatic heterocycles. The first-order valence-electron chi connectivity index (χ1n) is 4.16. The standard InChI is InChI=1S/C9H12N2OS2/c10-9(13)8-3-7(4-11-5-8)6-14-2-1-12/h3-5,12H,1-2,6H2,(H2,10,13). The van der Waals surface area contributed by atoms with Gasteiger partial charge in [0, 0.05) is 29.5 Å². The van der Waals surface area contributed by atoms with Crippen LogP contribution in [0.2, 0.25) is 0 Å². The molecule has 0 saturated heterocycles. The highest BCUT2D eigenvalue weighted by atomic mass is 32.2. The fourth-order valence-electron chi connectivity index (χ4n) is 0.956. The highest BCUT2D eigenvalue weighted by Crippen LogP contribution is 2.11. The molecule has 0 atom stereocenters. The van der Waals surface area contributed by atoms with Crippen LogP contribution < -0.4 is 5.73 Å². The summed E-state index contributed by atoms with van der Waals surface area (Å²) in [6, 6.07) is 1.93. The normalized spacial score (nSPS) is 10.1. The zero-order valence-corrected chi connectivity index (χ0v) is 9.27. The van der Waals surface area contributed by atoms with Gasteiger partial charge in [-0.1, -0.05) is 12.2 Å². The van der Waals surface area contributed by atoms with E-state index in [1.165, 1.54) is 0 Å². The van der Waals surface area contributed by atoms with Crippen LogP contribution in [-0.4, -0.2) is 27.4 Å². The molecule has 0 fully saturated rings. The molecule has 3 N–H and O–H groups in total. The van der Waals surface area contributed by atoms with Gasteiger partial charge in [0.25, 0.3) is 0 Å². The molecule has 0 unspecified atom stereocenters. The fourth-order valence-corrected chi connectivity index (χ4v) is 1.73. The van der Waals surface area contributed by atoms with Gasteiger partial charge in [0.1, 0.15) is 4.99 Å². The number of hydrogen-bond donors (Lipinski definition) is 2. The van der Waals surface area contributed by atoms with Gasteiger partial charge in [-0.05, 0) is 11.6 Å². The lowest BCUT2D eigenvalue weighted by Gasteiger charge is -2.02. The summed E-state index contributed by atoms with van der Waals surface area (Å²) in [5.41, 5.74) is 7.35. The second-order valence-electron chi connectivity index (χ2n) is 2.72. The summed E-state index contributed by atoms with van der Waals surface area (Å²) in [6.45, 7) is 0.201. The molecule has 0 radical (unpaired) electrons. The topological polar surface area (TPSA) is 59.1 Å². The van der Waals surface area contributed by atoms with Gasteiger partial charge in [-0.15, -0.1) is 0 Å². The van der Waals surface area contributed by atoms with Gasteiger partial charge >= 0.3 is 0 Å². The lowest BCUT2D eigenvalue weighted by molar-refractivity contribution is 0.322. The molecule has 1 rings (SSSR count). The Morgan fingerprint density at radius 3 is 3.00 bits per heavy atom. The Kier molecular flexibility index (Phi) is 4.86. The van der Waals surface area contributed by atoms with E-state index in [9.17, 15) is 0 Å². The number of nitrogens with zero attached hydrogens (tertiary/aromatic N) is 1. The van der Waals surface area contributed by atoms with E-state index in [0.717, 1.165) is 22.6 Å². The van der Waals surface area contributed by atoms with Crippen molar-refractivity contribution in [2.45, 2.75) is 5.75 Å². The minimum absolute atomic E-state index is 0.201. The highest BCUT2D eigenvalue weighted by molar-refractivity contribution is 7.98. The number of thiocarbonyl (C=S) groups is 1. The Hall–Kier alpha value is -0.650. The summed E-state index contributed by atoms with van der Waals surface area (Å²) in [4.78, 5) is 4.41. The molecule has 5 heteroatoms. The predicted molar refractivity (Wildman–Crippen MR) is 63.4 cm³/mol. The van der Waals surface area contributed by atoms with E-state index in [-0.39, 0.29) is 6.61 Å². The zero-order chi connectivity index (χ0) is 10.4. The van der Waals surface area contributed by atoms with Crippen LogP contribution in [0, 0.1) is 0 Å². The van der Waals surface area contributed by atoms with E-state index in [4.69, 9.17) is 23.1 Å². The van der Waals surface area contributed by atoms with E-state index in [2.05, 4.69) is 4.98 Å². The molecule has 1 aromatic rings. The van der Waals surface area contributed by atoms with Crippen LogP contribution in [0.1, 0.15) is 11.1 Å². The molecule has 1 heterocycles. The molecule has 0 saturated carbocycles. The average Bonchev–Trinajstić information content (AvgIpc) is 2.19. The van der Waals surface area contributed by atoms with Crippen LogP contribution in [0.5, 0.6) is 0 Å². The molecular weight excluding hydrogens is 216 g/mol. The molecule has 0 aliphatic rings. The maximum Gasteiger partial charge on any atom is 0.105 e. The van der Waals surface area contributed by atoms with Crippen molar-refractivity contribution < 1.29 is 5.11 Å². The summed E-state index contributed by atoms with van der Waals surface area (Å²) in [6.07, 6.45) is 3.44. The third-order valence-electron chi connectivity index (χ3n) is 1.58. The van der Waals surface area contributed by atoms with Crippen molar-refractivity contribution >= 4 is 29.0 Å². The van der Waals surface area contributed by atoms with E-state index in [0.29, 0.717) is 4.99 Å². The van der Waals surface area contributed by atoms with Gasteiger partial charge in [-0.2, -0.15) is 11.8 Å². The van der Waals surface area contributed by atoms with E-state index in [1.807, 2.05) is 6.07 Å². The van der Waals surface area contributed by atoms with Crippen molar-refractivity contribution in [2.24, 2.45) is 5.73 Å². The minimum Gasteiger partial charge on any atom is -0.396 e. The number of aliphatic hydroxyl groups excluding tert-OH is 1. The predicted octanol–water partition coefficient (Wildman–Crippen LogP) is 0.941. The molecule has 0 bridgehead atoms. The summed E-state index contributed by atoms with van der Waals surface area (Å²) < 4.78 is 0. The van der Waals surface area contributed by atoms with Crippen molar-refractivity contribution in [3.05, 3.63) is 29.6 Å². The fraction of sp³-hybridized carbons (Fsp3) is 0.333. The van der Waals surface area contributed by atoms with Crippen LogP contribution >= 0.6 is 24.0 Å². The molecule has 76 valence electrons. The van der Waals surface area contributed by atoms with Gasteiger partial charge in [-0.25, -0.2) is 0 Å². The molecule has 3 nitrogen and oxygen atoms in total. The van der Waals surface area contributed by atoms with E-state index < -0.39 is 0 Å². The summed E-state index contributed by atoms with van der Waals surface area (Å²) in [5.74, 6) is 1.56. The molecule has 0 amide bonds. The Bertz CT molecular complexity index is 317. The second-order valence-corrected chi connectivity index (χ2v) is 4.27. The van der Waals surface area contributed by atoms with Gasteiger partial charge in [0.15, 0.2) is 0 Å². The number of pyridine rings is 1. The monoisotopic (exact) mass is 228 g/mol. The van der Waals surface area contributed by atoms with Crippen molar-refractivity contribution in [1.29, 1.82) is 0 Å². The SMILES string of the molecule is NC(=S)c1cncc(CSCCO)c1. The summed E-state index contributed by atoms with van der Waals surface area (Å²) in [7, 11) is 0. The molecular formula is C9H12N2OS2. The number of aromatic nitrogens is 1.